The zero-order valence-corrected chi connectivity index (χ0v) is 15.7. The molecule has 1 saturated carbocycles. The van der Waals surface area contributed by atoms with Crippen molar-refractivity contribution in [2.24, 2.45) is 16.2 Å². The lowest BCUT2D eigenvalue weighted by Gasteiger charge is -2.29. The van der Waals surface area contributed by atoms with E-state index in [4.69, 9.17) is 11.6 Å². The Hall–Kier alpha value is -1.07. The van der Waals surface area contributed by atoms with Gasteiger partial charge in [-0.3, -0.25) is 0 Å². The van der Waals surface area contributed by atoms with Gasteiger partial charge in [-0.25, -0.2) is 0 Å². The zero-order valence-electron chi connectivity index (χ0n) is 14.1. The van der Waals surface area contributed by atoms with Crippen LogP contribution in [0.25, 0.3) is 0 Å². The second kappa shape index (κ2) is 7.44. The third-order valence-corrected chi connectivity index (χ3v) is 7.09. The minimum atomic E-state index is -3.75. The van der Waals surface area contributed by atoms with Gasteiger partial charge in [0.25, 0.3) is 10.0 Å². The summed E-state index contributed by atoms with van der Waals surface area (Å²) in [7, 11) is -3.75. The number of likely N-dealkylation sites (tertiary alicyclic amines) is 1. The predicted octanol–water partition coefficient (Wildman–Crippen LogP) is 4.18. The predicted molar refractivity (Wildman–Crippen MR) is 97.9 cm³/mol. The number of nitrogens with zero attached hydrogens (tertiary/aromatic N) is 2. The molecule has 24 heavy (non-hydrogen) atoms. The molecule has 0 amide bonds. The molecule has 2 fully saturated rings. The van der Waals surface area contributed by atoms with Crippen LogP contribution in [0.15, 0.2) is 33.6 Å². The van der Waals surface area contributed by atoms with Crippen LogP contribution < -0.4 is 0 Å². The molecule has 1 aliphatic carbocycles. The topological polar surface area (TPSA) is 49.7 Å². The first kappa shape index (κ1) is 17.7. The van der Waals surface area contributed by atoms with Crippen LogP contribution in [0.5, 0.6) is 0 Å². The summed E-state index contributed by atoms with van der Waals surface area (Å²) in [5.74, 6) is 1.53. The second-order valence-electron chi connectivity index (χ2n) is 7.02. The highest BCUT2D eigenvalue weighted by molar-refractivity contribution is 7.90. The van der Waals surface area contributed by atoms with Gasteiger partial charge in [0.15, 0.2) is 0 Å². The van der Waals surface area contributed by atoms with E-state index >= 15 is 0 Å². The lowest BCUT2D eigenvalue weighted by atomic mass is 9.77. The average molecular weight is 369 g/mol. The van der Waals surface area contributed by atoms with Crippen LogP contribution in [-0.2, 0) is 10.0 Å². The van der Waals surface area contributed by atoms with E-state index in [9.17, 15) is 8.42 Å². The van der Waals surface area contributed by atoms with Crippen LogP contribution in [0.3, 0.4) is 0 Å². The lowest BCUT2D eigenvalue weighted by molar-refractivity contribution is 0.230. The molecule has 4 nitrogen and oxygen atoms in total. The van der Waals surface area contributed by atoms with Crippen molar-refractivity contribution in [2.45, 2.75) is 50.3 Å². The van der Waals surface area contributed by atoms with Crippen molar-refractivity contribution in [3.8, 4) is 0 Å². The number of aryl methyl sites for hydroxylation is 1. The van der Waals surface area contributed by atoms with Crippen molar-refractivity contribution < 1.29 is 8.42 Å². The van der Waals surface area contributed by atoms with Gasteiger partial charge in [-0.15, -0.1) is 4.40 Å². The summed E-state index contributed by atoms with van der Waals surface area (Å²) < 4.78 is 28.7. The molecule has 0 bridgehead atoms. The van der Waals surface area contributed by atoms with Gasteiger partial charge in [0.2, 0.25) is 5.29 Å². The van der Waals surface area contributed by atoms with Crippen LogP contribution in [0.2, 0.25) is 0 Å². The standard InChI is InChI=1S/C18H25ClN2O2S/c1-14-6-8-17(9-7-14)24(22,23)20-18(19)21-12-10-15-4-2-3-5-16(15)11-13-21/h6-9,15-16H,2-5,10-13H2,1H3. The number of fused-ring (bicyclic) bond motifs is 1. The van der Waals surface area contributed by atoms with Crippen molar-refractivity contribution in [3.05, 3.63) is 29.8 Å². The largest absolute Gasteiger partial charge is 0.346 e. The fourth-order valence-electron chi connectivity index (χ4n) is 3.90. The maximum Gasteiger partial charge on any atom is 0.285 e. The summed E-state index contributed by atoms with van der Waals surface area (Å²) >= 11 is 6.29. The van der Waals surface area contributed by atoms with Crippen molar-refractivity contribution in [3.63, 3.8) is 0 Å². The third-order valence-electron chi connectivity index (χ3n) is 5.38. The number of sulfonamides is 1. The van der Waals surface area contributed by atoms with Crippen LogP contribution in [-0.4, -0.2) is 31.7 Å². The Balaban J connectivity index is 1.73. The van der Waals surface area contributed by atoms with Gasteiger partial charge in [-0.05, 0) is 55.3 Å². The highest BCUT2D eigenvalue weighted by atomic mass is 35.5. The van der Waals surface area contributed by atoms with E-state index in [2.05, 4.69) is 4.40 Å². The highest BCUT2D eigenvalue weighted by Crippen LogP contribution is 2.36. The van der Waals surface area contributed by atoms with Gasteiger partial charge in [-0.1, -0.05) is 43.4 Å². The van der Waals surface area contributed by atoms with Crippen LogP contribution >= 0.6 is 11.6 Å². The Morgan fingerprint density at radius 1 is 1.04 bits per heavy atom. The van der Waals surface area contributed by atoms with Gasteiger partial charge in [0.1, 0.15) is 0 Å². The number of hydrogen-bond acceptors (Lipinski definition) is 2. The van der Waals surface area contributed by atoms with E-state index in [-0.39, 0.29) is 10.2 Å². The van der Waals surface area contributed by atoms with Crippen molar-refractivity contribution in [1.82, 2.24) is 4.90 Å². The molecule has 3 rings (SSSR count). The second-order valence-corrected chi connectivity index (χ2v) is 8.96. The quantitative estimate of drug-likeness (QED) is 0.447. The maximum absolute atomic E-state index is 12.4. The Labute approximate surface area is 150 Å². The SMILES string of the molecule is Cc1ccc(S(=O)(=O)N=C(Cl)N2CCC3CCCCC3CC2)cc1. The summed E-state index contributed by atoms with van der Waals surface area (Å²) in [6.07, 6.45) is 7.42. The molecule has 1 aromatic rings. The number of rotatable bonds is 2. The normalized spacial score (nSPS) is 25.9. The molecule has 0 aromatic heterocycles. The van der Waals surface area contributed by atoms with E-state index < -0.39 is 10.0 Å². The minimum absolute atomic E-state index is 0.106. The Bertz CT molecular complexity index is 684. The van der Waals surface area contributed by atoms with Gasteiger partial charge in [0, 0.05) is 13.1 Å². The molecule has 0 spiro atoms. The van der Waals surface area contributed by atoms with E-state index in [1.165, 1.54) is 25.7 Å². The smallest absolute Gasteiger partial charge is 0.285 e. The Morgan fingerprint density at radius 2 is 1.58 bits per heavy atom. The van der Waals surface area contributed by atoms with E-state index in [1.54, 1.807) is 24.3 Å². The Morgan fingerprint density at radius 3 is 2.12 bits per heavy atom. The van der Waals surface area contributed by atoms with E-state index in [1.807, 2.05) is 11.8 Å². The molecular weight excluding hydrogens is 344 g/mol. The first-order chi connectivity index (χ1) is 11.5. The molecule has 1 aromatic carbocycles. The molecule has 6 heteroatoms. The van der Waals surface area contributed by atoms with Gasteiger partial charge >= 0.3 is 0 Å². The van der Waals surface area contributed by atoms with Crippen molar-refractivity contribution in [2.75, 3.05) is 13.1 Å². The summed E-state index contributed by atoms with van der Waals surface area (Å²) in [5.41, 5.74) is 1.01. The van der Waals surface area contributed by atoms with E-state index in [0.717, 1.165) is 43.3 Å². The molecule has 1 heterocycles. The van der Waals surface area contributed by atoms with Crippen LogP contribution in [0.4, 0.5) is 0 Å². The molecule has 0 radical (unpaired) electrons. The monoisotopic (exact) mass is 368 g/mol. The summed E-state index contributed by atoms with van der Waals surface area (Å²) in [6.45, 7) is 3.52. The van der Waals surface area contributed by atoms with E-state index in [0.29, 0.717) is 0 Å². The Kier molecular flexibility index (Phi) is 5.50. The molecule has 132 valence electrons. The fourth-order valence-corrected chi connectivity index (χ4v) is 5.24. The van der Waals surface area contributed by atoms with Crippen molar-refractivity contribution >= 4 is 26.9 Å². The van der Waals surface area contributed by atoms with Gasteiger partial charge in [0.05, 0.1) is 4.90 Å². The summed E-state index contributed by atoms with van der Waals surface area (Å²) in [5, 5.41) is 0.106. The van der Waals surface area contributed by atoms with Crippen molar-refractivity contribution in [1.29, 1.82) is 0 Å². The molecule has 1 saturated heterocycles. The third kappa shape index (κ3) is 4.12. The minimum Gasteiger partial charge on any atom is -0.346 e. The molecular formula is C18H25ClN2O2S. The average Bonchev–Trinajstić information content (AvgIpc) is 2.77. The molecule has 0 N–H and O–H groups in total. The fraction of sp³-hybridized carbons (Fsp3) is 0.611. The lowest BCUT2D eigenvalue weighted by Crippen LogP contribution is -2.29. The number of hydrogen-bond donors (Lipinski definition) is 0. The first-order valence-electron chi connectivity index (χ1n) is 8.78. The summed E-state index contributed by atoms with van der Waals surface area (Å²) in [4.78, 5) is 2.13. The molecule has 2 unspecified atom stereocenters. The first-order valence-corrected chi connectivity index (χ1v) is 10.6. The molecule has 2 atom stereocenters. The maximum atomic E-state index is 12.4. The zero-order chi connectivity index (χ0) is 17.2. The van der Waals surface area contributed by atoms with Gasteiger partial charge < -0.3 is 4.90 Å². The van der Waals surface area contributed by atoms with Gasteiger partial charge in [-0.2, -0.15) is 8.42 Å². The van der Waals surface area contributed by atoms with Crippen LogP contribution in [0.1, 0.15) is 44.1 Å². The molecule has 1 aliphatic heterocycles. The number of amidine groups is 1. The number of benzene rings is 1. The molecule has 2 aliphatic rings. The summed E-state index contributed by atoms with van der Waals surface area (Å²) in [6, 6.07) is 6.70. The highest BCUT2D eigenvalue weighted by Gasteiger charge is 2.29. The van der Waals surface area contributed by atoms with Crippen LogP contribution in [0, 0.1) is 18.8 Å². The number of halogens is 1.